The third-order valence-corrected chi connectivity index (χ3v) is 3.92. The monoisotopic (exact) mass is 348 g/mol. The molecular weight excluding hydrogens is 332 g/mol. The van der Waals surface area contributed by atoms with Crippen LogP contribution < -0.4 is 15.8 Å². The van der Waals surface area contributed by atoms with Gasteiger partial charge in [0.1, 0.15) is 5.75 Å². The highest BCUT2D eigenvalue weighted by Crippen LogP contribution is 2.22. The number of hydrogen-bond acceptors (Lipinski definition) is 3. The van der Waals surface area contributed by atoms with E-state index in [1.807, 2.05) is 31.2 Å². The normalized spacial score (nSPS) is 11.8. The van der Waals surface area contributed by atoms with Gasteiger partial charge in [-0.3, -0.25) is 4.79 Å². The zero-order valence-electron chi connectivity index (χ0n) is 11.9. The number of nitrogens with one attached hydrogen (secondary N) is 1. The minimum atomic E-state index is -0.162. The van der Waals surface area contributed by atoms with Crippen LogP contribution in [0.5, 0.6) is 5.75 Å². The summed E-state index contributed by atoms with van der Waals surface area (Å²) in [6.45, 7) is 1.93. The lowest BCUT2D eigenvalue weighted by Crippen LogP contribution is -2.26. The smallest absolute Gasteiger partial charge is 0.251 e. The number of hydrogen-bond donors (Lipinski definition) is 2. The van der Waals surface area contributed by atoms with E-state index in [0.29, 0.717) is 11.3 Å². The molecule has 0 aromatic heterocycles. The maximum Gasteiger partial charge on any atom is 0.251 e. The number of amides is 1. The van der Waals surface area contributed by atoms with E-state index in [0.717, 1.165) is 15.8 Å². The van der Waals surface area contributed by atoms with Gasteiger partial charge in [0, 0.05) is 15.7 Å². The van der Waals surface area contributed by atoms with Crippen LogP contribution in [0.1, 0.15) is 28.9 Å². The van der Waals surface area contributed by atoms with Crippen molar-refractivity contribution in [3.63, 3.8) is 0 Å². The van der Waals surface area contributed by atoms with Crippen LogP contribution in [0.25, 0.3) is 0 Å². The Labute approximate surface area is 132 Å². The Hall–Kier alpha value is -2.01. The fourth-order valence-electron chi connectivity index (χ4n) is 1.96. The van der Waals surface area contributed by atoms with Crippen LogP contribution in [0, 0.1) is 0 Å². The summed E-state index contributed by atoms with van der Waals surface area (Å²) in [5.74, 6) is 0.603. The Morgan fingerprint density at radius 1 is 1.29 bits per heavy atom. The molecule has 21 heavy (non-hydrogen) atoms. The second-order valence-corrected chi connectivity index (χ2v) is 5.56. The van der Waals surface area contributed by atoms with Crippen molar-refractivity contribution in [1.29, 1.82) is 0 Å². The summed E-state index contributed by atoms with van der Waals surface area (Å²) < 4.78 is 5.97. The highest BCUT2D eigenvalue weighted by atomic mass is 79.9. The van der Waals surface area contributed by atoms with Gasteiger partial charge in [-0.05, 0) is 58.7 Å². The summed E-state index contributed by atoms with van der Waals surface area (Å²) in [5, 5.41) is 2.95. The Kier molecular flexibility index (Phi) is 4.85. The van der Waals surface area contributed by atoms with Gasteiger partial charge in [0.25, 0.3) is 5.91 Å². The van der Waals surface area contributed by atoms with Gasteiger partial charge >= 0.3 is 0 Å². The molecule has 5 heteroatoms. The molecule has 0 aliphatic carbocycles. The van der Waals surface area contributed by atoms with E-state index < -0.39 is 0 Å². The average Bonchev–Trinajstić information content (AvgIpc) is 2.49. The van der Waals surface area contributed by atoms with Crippen LogP contribution in [-0.4, -0.2) is 13.0 Å². The molecule has 2 aromatic carbocycles. The molecule has 110 valence electrons. The molecule has 0 unspecified atom stereocenters. The van der Waals surface area contributed by atoms with E-state index in [9.17, 15) is 4.79 Å². The Bertz CT molecular complexity index is 658. The Morgan fingerprint density at radius 3 is 2.71 bits per heavy atom. The standard InChI is InChI=1S/C16H17BrN2O2/c1-10(11-4-3-5-13(8-11)21-2)19-16(20)12-6-7-14(17)15(18)9-12/h3-10H,18H2,1-2H3,(H,19,20)/t10-/m1/s1. The molecular formula is C16H17BrN2O2. The minimum absolute atomic E-state index is 0.127. The lowest BCUT2D eigenvalue weighted by Gasteiger charge is -2.15. The molecule has 0 spiro atoms. The van der Waals surface area contributed by atoms with Crippen LogP contribution in [0.2, 0.25) is 0 Å². The first kappa shape index (κ1) is 15.4. The van der Waals surface area contributed by atoms with Crippen molar-refractivity contribution in [3.8, 4) is 5.75 Å². The number of carbonyl (C=O) groups is 1. The van der Waals surface area contributed by atoms with E-state index in [2.05, 4.69) is 21.2 Å². The highest BCUT2D eigenvalue weighted by molar-refractivity contribution is 9.10. The fourth-order valence-corrected chi connectivity index (χ4v) is 2.21. The largest absolute Gasteiger partial charge is 0.497 e. The van der Waals surface area contributed by atoms with Gasteiger partial charge in [0.05, 0.1) is 13.2 Å². The second-order valence-electron chi connectivity index (χ2n) is 4.71. The summed E-state index contributed by atoms with van der Waals surface area (Å²) in [6, 6.07) is 12.6. The summed E-state index contributed by atoms with van der Waals surface area (Å²) >= 11 is 3.31. The lowest BCUT2D eigenvalue weighted by atomic mass is 10.1. The minimum Gasteiger partial charge on any atom is -0.497 e. The Morgan fingerprint density at radius 2 is 2.05 bits per heavy atom. The molecule has 3 N–H and O–H groups in total. The number of ether oxygens (including phenoxy) is 1. The number of rotatable bonds is 4. The van der Waals surface area contributed by atoms with Crippen molar-refractivity contribution in [2.45, 2.75) is 13.0 Å². The van der Waals surface area contributed by atoms with E-state index in [1.165, 1.54) is 0 Å². The van der Waals surface area contributed by atoms with Crippen LogP contribution in [0.15, 0.2) is 46.9 Å². The topological polar surface area (TPSA) is 64.3 Å². The van der Waals surface area contributed by atoms with Crippen molar-refractivity contribution >= 4 is 27.5 Å². The first-order valence-corrected chi connectivity index (χ1v) is 7.30. The van der Waals surface area contributed by atoms with Gasteiger partial charge in [-0.2, -0.15) is 0 Å². The number of halogens is 1. The molecule has 0 bridgehead atoms. The SMILES string of the molecule is COc1cccc([C@@H](C)NC(=O)c2ccc(Br)c(N)c2)c1. The maximum absolute atomic E-state index is 12.2. The molecule has 0 radical (unpaired) electrons. The average molecular weight is 349 g/mol. The first-order valence-electron chi connectivity index (χ1n) is 6.51. The van der Waals surface area contributed by atoms with Gasteiger partial charge in [-0.1, -0.05) is 12.1 Å². The molecule has 0 saturated carbocycles. The van der Waals surface area contributed by atoms with Crippen molar-refractivity contribution in [3.05, 3.63) is 58.1 Å². The van der Waals surface area contributed by atoms with Crippen molar-refractivity contribution < 1.29 is 9.53 Å². The van der Waals surface area contributed by atoms with Crippen molar-refractivity contribution in [1.82, 2.24) is 5.32 Å². The first-order chi connectivity index (χ1) is 10.0. The molecule has 0 fully saturated rings. The zero-order chi connectivity index (χ0) is 15.4. The highest BCUT2D eigenvalue weighted by Gasteiger charge is 2.12. The number of nitrogens with two attached hydrogens (primary N) is 1. The molecule has 0 saturated heterocycles. The van der Waals surface area contributed by atoms with Crippen LogP contribution in [0.3, 0.4) is 0 Å². The number of anilines is 1. The van der Waals surface area contributed by atoms with Gasteiger partial charge in [0.2, 0.25) is 0 Å². The maximum atomic E-state index is 12.2. The quantitative estimate of drug-likeness (QED) is 0.830. The summed E-state index contributed by atoms with van der Waals surface area (Å²) in [6.07, 6.45) is 0. The number of nitrogen functional groups attached to an aromatic ring is 1. The van der Waals surface area contributed by atoms with Crippen molar-refractivity contribution in [2.24, 2.45) is 0 Å². The lowest BCUT2D eigenvalue weighted by molar-refractivity contribution is 0.0940. The third kappa shape index (κ3) is 3.76. The number of carbonyl (C=O) groups excluding carboxylic acids is 1. The molecule has 1 amide bonds. The molecule has 0 aliphatic rings. The van der Waals surface area contributed by atoms with Crippen LogP contribution in [-0.2, 0) is 0 Å². The van der Waals surface area contributed by atoms with Crippen molar-refractivity contribution in [2.75, 3.05) is 12.8 Å². The third-order valence-electron chi connectivity index (χ3n) is 3.20. The van der Waals surface area contributed by atoms with Gasteiger partial charge in [0.15, 0.2) is 0 Å². The van der Waals surface area contributed by atoms with Crippen LogP contribution in [0.4, 0.5) is 5.69 Å². The van der Waals surface area contributed by atoms with E-state index >= 15 is 0 Å². The summed E-state index contributed by atoms with van der Waals surface area (Å²) in [7, 11) is 1.62. The molecule has 2 aromatic rings. The van der Waals surface area contributed by atoms with Crippen LogP contribution >= 0.6 is 15.9 Å². The van der Waals surface area contributed by atoms with E-state index in [4.69, 9.17) is 10.5 Å². The molecule has 4 nitrogen and oxygen atoms in total. The fraction of sp³-hybridized carbons (Fsp3) is 0.188. The molecule has 2 rings (SSSR count). The summed E-state index contributed by atoms with van der Waals surface area (Å²) in [4.78, 5) is 12.2. The van der Waals surface area contributed by atoms with Gasteiger partial charge in [-0.25, -0.2) is 0 Å². The van der Waals surface area contributed by atoms with Gasteiger partial charge in [-0.15, -0.1) is 0 Å². The zero-order valence-corrected chi connectivity index (χ0v) is 13.5. The van der Waals surface area contributed by atoms with E-state index in [1.54, 1.807) is 25.3 Å². The predicted octanol–water partition coefficient (Wildman–Crippen LogP) is 3.53. The molecule has 1 atom stereocenters. The number of benzene rings is 2. The number of methoxy groups -OCH3 is 1. The summed E-state index contributed by atoms with van der Waals surface area (Å²) in [5.41, 5.74) is 7.85. The van der Waals surface area contributed by atoms with Gasteiger partial charge < -0.3 is 15.8 Å². The second kappa shape index (κ2) is 6.63. The molecule has 0 aliphatic heterocycles. The van der Waals surface area contributed by atoms with E-state index in [-0.39, 0.29) is 11.9 Å². The predicted molar refractivity (Wildman–Crippen MR) is 87.4 cm³/mol. The Balaban J connectivity index is 2.12. The molecule has 0 heterocycles.